The Hall–Kier alpha value is -2.88. The molecule has 0 saturated carbocycles. The summed E-state index contributed by atoms with van der Waals surface area (Å²) < 4.78 is 10.6. The number of fused-ring (bicyclic) bond motifs is 1. The second-order valence-electron chi connectivity index (χ2n) is 6.02. The van der Waals surface area contributed by atoms with Crippen LogP contribution in [0, 0.1) is 0 Å². The van der Waals surface area contributed by atoms with Crippen LogP contribution in [-0.4, -0.2) is 13.2 Å². The van der Waals surface area contributed by atoms with Gasteiger partial charge in [-0.15, -0.1) is 0 Å². The van der Waals surface area contributed by atoms with E-state index in [9.17, 15) is 0 Å². The van der Waals surface area contributed by atoms with Crippen LogP contribution in [0.15, 0.2) is 71.5 Å². The van der Waals surface area contributed by atoms with Crippen molar-refractivity contribution in [1.29, 1.82) is 0 Å². The van der Waals surface area contributed by atoms with E-state index in [1.807, 2.05) is 36.6 Å². The van der Waals surface area contributed by atoms with E-state index in [0.717, 1.165) is 23.4 Å². The van der Waals surface area contributed by atoms with E-state index in [1.54, 1.807) is 13.4 Å². The molecule has 0 unspecified atom stereocenters. The summed E-state index contributed by atoms with van der Waals surface area (Å²) in [6, 6.07) is 18.9. The van der Waals surface area contributed by atoms with Gasteiger partial charge in [-0.25, -0.2) is 0 Å². The zero-order valence-corrected chi connectivity index (χ0v) is 13.5. The van der Waals surface area contributed by atoms with Crippen LogP contribution in [0.2, 0.25) is 0 Å². The van der Waals surface area contributed by atoms with Gasteiger partial charge in [-0.05, 0) is 48.4 Å². The molecule has 122 valence electrons. The summed E-state index contributed by atoms with van der Waals surface area (Å²) in [5, 5.41) is 7.27. The molecule has 3 aromatic rings. The fourth-order valence-corrected chi connectivity index (χ4v) is 3.26. The molecule has 0 bridgehead atoms. The maximum atomic E-state index is 5.32. The molecule has 0 aliphatic carbocycles. The van der Waals surface area contributed by atoms with Crippen LogP contribution >= 0.6 is 0 Å². The maximum Gasteiger partial charge on any atom is 0.119 e. The largest absolute Gasteiger partial charge is 0.497 e. The highest BCUT2D eigenvalue weighted by molar-refractivity contribution is 5.59. The molecule has 2 aromatic carbocycles. The number of methoxy groups -OCH3 is 1. The number of hydrogen-bond acceptors (Lipinski definition) is 4. The molecule has 4 rings (SSSR count). The summed E-state index contributed by atoms with van der Waals surface area (Å²) in [7, 11) is 1.68. The maximum absolute atomic E-state index is 5.32. The van der Waals surface area contributed by atoms with Gasteiger partial charge in [-0.1, -0.05) is 18.2 Å². The average molecular weight is 320 g/mol. The highest BCUT2D eigenvalue weighted by atomic mass is 16.5. The summed E-state index contributed by atoms with van der Waals surface area (Å²) in [4.78, 5) is 0. The average Bonchev–Trinajstić information content (AvgIpc) is 3.29. The van der Waals surface area contributed by atoms with E-state index in [2.05, 4.69) is 34.9 Å². The van der Waals surface area contributed by atoms with Gasteiger partial charge < -0.3 is 19.8 Å². The molecule has 0 amide bonds. The van der Waals surface area contributed by atoms with E-state index in [0.29, 0.717) is 0 Å². The standard InChI is InChI=1S/C20H20N2O2/c1-23-17-8-6-16(7-9-17)21-20(15-10-11-24-13-15)19-12-14-4-2-3-5-18(14)22-19/h2-11,13,19-22H,12H2,1H3/t19-,20+/m0/s1. The van der Waals surface area contributed by atoms with Crippen LogP contribution in [0.25, 0.3) is 0 Å². The minimum Gasteiger partial charge on any atom is -0.497 e. The summed E-state index contributed by atoms with van der Waals surface area (Å²) in [6.45, 7) is 0. The first-order valence-corrected chi connectivity index (χ1v) is 8.10. The second-order valence-corrected chi connectivity index (χ2v) is 6.02. The number of nitrogens with one attached hydrogen (secondary N) is 2. The van der Waals surface area contributed by atoms with Gasteiger partial charge in [-0.2, -0.15) is 0 Å². The Labute approximate surface area is 141 Å². The van der Waals surface area contributed by atoms with Gasteiger partial charge in [0.05, 0.1) is 31.7 Å². The highest BCUT2D eigenvalue weighted by Gasteiger charge is 2.29. The van der Waals surface area contributed by atoms with E-state index >= 15 is 0 Å². The first-order valence-electron chi connectivity index (χ1n) is 8.10. The van der Waals surface area contributed by atoms with Gasteiger partial charge in [-0.3, -0.25) is 0 Å². The molecule has 4 nitrogen and oxygen atoms in total. The van der Waals surface area contributed by atoms with Crippen LogP contribution < -0.4 is 15.4 Å². The quantitative estimate of drug-likeness (QED) is 0.728. The smallest absolute Gasteiger partial charge is 0.119 e. The van der Waals surface area contributed by atoms with Crippen molar-refractivity contribution in [2.45, 2.75) is 18.5 Å². The molecule has 24 heavy (non-hydrogen) atoms. The molecule has 1 aliphatic heterocycles. The van der Waals surface area contributed by atoms with Crippen molar-refractivity contribution in [3.8, 4) is 5.75 Å². The first kappa shape index (κ1) is 14.7. The Balaban J connectivity index is 1.59. The van der Waals surface area contributed by atoms with Crippen molar-refractivity contribution < 1.29 is 9.15 Å². The van der Waals surface area contributed by atoms with Crippen molar-refractivity contribution in [1.82, 2.24) is 0 Å². The van der Waals surface area contributed by atoms with Gasteiger partial charge in [0.25, 0.3) is 0 Å². The van der Waals surface area contributed by atoms with Crippen LogP contribution in [0.5, 0.6) is 5.75 Å². The SMILES string of the molecule is COc1ccc(N[C@H](c2ccoc2)[C@@H]2Cc3ccccc3N2)cc1. The molecule has 0 spiro atoms. The highest BCUT2D eigenvalue weighted by Crippen LogP contribution is 2.34. The topological polar surface area (TPSA) is 46.4 Å². The molecular weight excluding hydrogens is 300 g/mol. The Kier molecular flexibility index (Phi) is 3.87. The van der Waals surface area contributed by atoms with Crippen LogP contribution in [-0.2, 0) is 6.42 Å². The van der Waals surface area contributed by atoms with Crippen molar-refractivity contribution in [3.63, 3.8) is 0 Å². The summed E-state index contributed by atoms with van der Waals surface area (Å²) in [6.07, 6.45) is 4.52. The predicted molar refractivity (Wildman–Crippen MR) is 95.6 cm³/mol. The van der Waals surface area contributed by atoms with Gasteiger partial charge in [0, 0.05) is 16.9 Å². The van der Waals surface area contributed by atoms with Crippen molar-refractivity contribution >= 4 is 11.4 Å². The van der Waals surface area contributed by atoms with Crippen LogP contribution in [0.1, 0.15) is 17.2 Å². The molecule has 1 aliphatic rings. The second kappa shape index (κ2) is 6.32. The number of rotatable bonds is 5. The zero-order valence-electron chi connectivity index (χ0n) is 13.5. The van der Waals surface area contributed by atoms with Gasteiger partial charge in [0.2, 0.25) is 0 Å². The molecule has 0 saturated heterocycles. The van der Waals surface area contributed by atoms with Gasteiger partial charge >= 0.3 is 0 Å². The fraction of sp³-hybridized carbons (Fsp3) is 0.200. The third kappa shape index (κ3) is 2.83. The van der Waals surface area contributed by atoms with Gasteiger partial charge in [0.15, 0.2) is 0 Å². The summed E-state index contributed by atoms with van der Waals surface area (Å²) >= 11 is 0. The lowest BCUT2D eigenvalue weighted by Gasteiger charge is -2.25. The lowest BCUT2D eigenvalue weighted by molar-refractivity contribution is 0.415. The molecule has 2 atom stereocenters. The summed E-state index contributed by atoms with van der Waals surface area (Å²) in [5.41, 5.74) is 4.76. The lowest BCUT2D eigenvalue weighted by Crippen LogP contribution is -2.30. The fourth-order valence-electron chi connectivity index (χ4n) is 3.26. The number of para-hydroxylation sites is 1. The Morgan fingerprint density at radius 2 is 1.96 bits per heavy atom. The van der Waals surface area contributed by atoms with E-state index in [-0.39, 0.29) is 12.1 Å². The minimum absolute atomic E-state index is 0.115. The molecule has 4 heteroatoms. The Morgan fingerprint density at radius 3 is 2.67 bits per heavy atom. The number of hydrogen-bond donors (Lipinski definition) is 2. The molecule has 0 radical (unpaired) electrons. The molecule has 0 fully saturated rings. The molecule has 2 N–H and O–H groups in total. The number of furan rings is 1. The van der Waals surface area contributed by atoms with Crippen LogP contribution in [0.4, 0.5) is 11.4 Å². The minimum atomic E-state index is 0.115. The zero-order chi connectivity index (χ0) is 16.4. The monoisotopic (exact) mass is 320 g/mol. The number of benzene rings is 2. The lowest BCUT2D eigenvalue weighted by atomic mass is 9.98. The number of anilines is 2. The summed E-state index contributed by atoms with van der Waals surface area (Å²) in [5.74, 6) is 0.854. The predicted octanol–water partition coefficient (Wildman–Crippen LogP) is 4.48. The van der Waals surface area contributed by atoms with Gasteiger partial charge in [0.1, 0.15) is 5.75 Å². The molecule has 2 heterocycles. The Bertz CT molecular complexity index is 772. The van der Waals surface area contributed by atoms with Crippen LogP contribution in [0.3, 0.4) is 0 Å². The third-order valence-electron chi connectivity index (χ3n) is 4.51. The third-order valence-corrected chi connectivity index (χ3v) is 4.51. The number of ether oxygens (including phenoxy) is 1. The van der Waals surface area contributed by atoms with Crippen molar-refractivity contribution in [2.24, 2.45) is 0 Å². The van der Waals surface area contributed by atoms with E-state index in [1.165, 1.54) is 11.3 Å². The van der Waals surface area contributed by atoms with E-state index in [4.69, 9.17) is 9.15 Å². The molecule has 1 aromatic heterocycles. The first-order chi connectivity index (χ1) is 11.8. The van der Waals surface area contributed by atoms with Crippen molar-refractivity contribution in [2.75, 3.05) is 17.7 Å². The molecular formula is C20H20N2O2. The van der Waals surface area contributed by atoms with Crippen molar-refractivity contribution in [3.05, 3.63) is 78.3 Å². The Morgan fingerprint density at radius 1 is 1.12 bits per heavy atom. The van der Waals surface area contributed by atoms with E-state index < -0.39 is 0 Å². The normalized spacial score (nSPS) is 17.0.